The van der Waals surface area contributed by atoms with E-state index in [9.17, 15) is 20.0 Å². The number of carboxylic acid groups (broad SMARTS) is 1. The summed E-state index contributed by atoms with van der Waals surface area (Å²) in [6, 6.07) is 15.5. The molecule has 6 heterocycles. The van der Waals surface area contributed by atoms with Crippen LogP contribution in [0.15, 0.2) is 73.4 Å². The lowest BCUT2D eigenvalue weighted by molar-refractivity contribution is -0.138. The molecule has 1 N–H and O–H groups in total. The predicted octanol–water partition coefficient (Wildman–Crippen LogP) is 4.52. The highest BCUT2D eigenvalue weighted by Crippen LogP contribution is 2.45. The Labute approximate surface area is 284 Å². The average Bonchev–Trinajstić information content (AvgIpc) is 3.85. The van der Waals surface area contributed by atoms with Crippen molar-refractivity contribution in [1.82, 2.24) is 39.2 Å². The van der Waals surface area contributed by atoms with Crippen molar-refractivity contribution in [2.45, 2.75) is 32.7 Å². The Morgan fingerprint density at radius 2 is 1.69 bits per heavy atom. The van der Waals surface area contributed by atoms with Gasteiger partial charge in [0.15, 0.2) is 0 Å². The lowest BCUT2D eigenvalue weighted by Crippen LogP contribution is -2.55. The van der Waals surface area contributed by atoms with Crippen LogP contribution >= 0.6 is 0 Å². The molecule has 0 radical (unpaired) electrons. The molecule has 0 saturated carbocycles. The van der Waals surface area contributed by atoms with Crippen LogP contribution in [0.2, 0.25) is 0 Å². The number of carbonyl (C=O) groups excluding carboxylic acids is 1. The first-order chi connectivity index (χ1) is 23.5. The number of amides is 2. The van der Waals surface area contributed by atoms with Gasteiger partial charge in [0, 0.05) is 69.2 Å². The van der Waals surface area contributed by atoms with Crippen LogP contribution in [0.3, 0.4) is 0 Å². The number of benzene rings is 1. The number of pyridine rings is 1. The first-order valence-electron chi connectivity index (χ1n) is 16.4. The maximum atomic E-state index is 14.4. The van der Waals surface area contributed by atoms with Gasteiger partial charge >= 0.3 is 6.09 Å². The molecule has 2 saturated heterocycles. The van der Waals surface area contributed by atoms with E-state index in [0.717, 1.165) is 22.5 Å². The number of hydrogen-bond donors (Lipinski definition) is 1. The Morgan fingerprint density at radius 3 is 2.31 bits per heavy atom. The van der Waals surface area contributed by atoms with Gasteiger partial charge in [0.25, 0.3) is 0 Å². The first kappa shape index (κ1) is 31.8. The molecule has 13 heteroatoms. The Kier molecular flexibility index (Phi) is 8.02. The quantitative estimate of drug-likeness (QED) is 0.288. The highest BCUT2D eigenvalue weighted by molar-refractivity contribution is 5.84. The minimum absolute atomic E-state index is 0.00169. The second kappa shape index (κ2) is 12.4. The van der Waals surface area contributed by atoms with E-state index in [1.54, 1.807) is 27.8 Å². The summed E-state index contributed by atoms with van der Waals surface area (Å²) >= 11 is 0. The number of nitrogens with zero attached hydrogens (tertiary/aromatic N) is 10. The van der Waals surface area contributed by atoms with Gasteiger partial charge in [0.2, 0.25) is 5.91 Å². The minimum Gasteiger partial charge on any atom is -0.465 e. The van der Waals surface area contributed by atoms with E-state index in [2.05, 4.69) is 21.2 Å². The Hall–Kier alpha value is -5.77. The van der Waals surface area contributed by atoms with Crippen LogP contribution in [0.5, 0.6) is 0 Å². The van der Waals surface area contributed by atoms with Gasteiger partial charge in [-0.1, -0.05) is 51.1 Å². The molecule has 0 spiro atoms. The highest BCUT2D eigenvalue weighted by atomic mass is 16.4. The van der Waals surface area contributed by atoms with Gasteiger partial charge in [0.1, 0.15) is 23.0 Å². The summed E-state index contributed by atoms with van der Waals surface area (Å²) in [5, 5.41) is 28.6. The van der Waals surface area contributed by atoms with Crippen LogP contribution in [0, 0.1) is 22.7 Å². The lowest BCUT2D eigenvalue weighted by Gasteiger charge is -2.41. The van der Waals surface area contributed by atoms with Crippen molar-refractivity contribution in [3.8, 4) is 28.6 Å². The van der Waals surface area contributed by atoms with Gasteiger partial charge in [-0.15, -0.1) is 0 Å². The van der Waals surface area contributed by atoms with Crippen molar-refractivity contribution in [1.29, 1.82) is 5.26 Å². The Morgan fingerprint density at radius 1 is 0.939 bits per heavy atom. The molecule has 5 aromatic rings. The zero-order valence-electron chi connectivity index (χ0n) is 27.9. The van der Waals surface area contributed by atoms with Gasteiger partial charge < -0.3 is 19.8 Å². The lowest BCUT2D eigenvalue weighted by atomic mass is 9.74. The van der Waals surface area contributed by atoms with E-state index in [4.69, 9.17) is 9.97 Å². The molecular weight excluding hydrogens is 620 g/mol. The molecule has 13 nitrogen and oxygen atoms in total. The van der Waals surface area contributed by atoms with Crippen molar-refractivity contribution in [3.05, 3.63) is 84.6 Å². The number of aryl methyl sites for hydroxylation is 1. The van der Waals surface area contributed by atoms with Gasteiger partial charge in [-0.2, -0.15) is 15.5 Å². The van der Waals surface area contributed by atoms with Crippen LogP contribution in [0.1, 0.15) is 37.8 Å². The molecular formula is C36H38N10O3. The van der Waals surface area contributed by atoms with Crippen LogP contribution < -0.4 is 4.90 Å². The molecule has 0 bridgehead atoms. The minimum atomic E-state index is -0.993. The van der Waals surface area contributed by atoms with Crippen molar-refractivity contribution in [3.63, 3.8) is 0 Å². The van der Waals surface area contributed by atoms with E-state index in [0.29, 0.717) is 48.6 Å². The van der Waals surface area contributed by atoms with E-state index < -0.39 is 23.5 Å². The summed E-state index contributed by atoms with van der Waals surface area (Å²) < 4.78 is 3.37. The van der Waals surface area contributed by atoms with Crippen molar-refractivity contribution < 1.29 is 14.7 Å². The maximum Gasteiger partial charge on any atom is 0.407 e. The number of likely N-dealkylation sites (tertiary alicyclic amines) is 1. The van der Waals surface area contributed by atoms with Crippen molar-refractivity contribution in [2.24, 2.45) is 18.4 Å². The number of nitriles is 1. The van der Waals surface area contributed by atoms with Gasteiger partial charge in [-0.3, -0.25) is 9.48 Å². The van der Waals surface area contributed by atoms with Gasteiger partial charge in [-0.05, 0) is 23.1 Å². The number of carbonyl (C=O) groups is 2. The number of hydrogen-bond acceptors (Lipinski definition) is 8. The molecule has 49 heavy (non-hydrogen) atoms. The molecule has 4 aromatic heterocycles. The fraction of sp³-hybridized carbons (Fsp3) is 0.361. The van der Waals surface area contributed by atoms with Crippen LogP contribution in [0.4, 0.5) is 10.6 Å². The van der Waals surface area contributed by atoms with Crippen LogP contribution in [0.25, 0.3) is 28.0 Å². The molecule has 7 rings (SSSR count). The van der Waals surface area contributed by atoms with Crippen molar-refractivity contribution in [2.75, 3.05) is 37.6 Å². The Balaban J connectivity index is 1.11. The first-order valence-corrected chi connectivity index (χ1v) is 16.4. The third-order valence-electron chi connectivity index (χ3n) is 9.70. The number of piperazine rings is 1. The molecule has 2 aliphatic heterocycles. The maximum absolute atomic E-state index is 14.4. The predicted molar refractivity (Wildman–Crippen MR) is 183 cm³/mol. The Bertz CT molecular complexity index is 2050. The number of anilines is 1. The summed E-state index contributed by atoms with van der Waals surface area (Å²) in [4.78, 5) is 42.0. The third-order valence-corrected chi connectivity index (χ3v) is 9.70. The van der Waals surface area contributed by atoms with E-state index in [-0.39, 0.29) is 18.4 Å². The smallest absolute Gasteiger partial charge is 0.407 e. The SMILES string of the molecule is Cn1cc(-c2cn3ncc(C#N)c3c(-c3ccc(N4CCN(C(=O)C5C(c6ccccc6)CN(C(=O)O)C5C(C)(C)C)CC4)nc3)n2)cn1. The second-order valence-electron chi connectivity index (χ2n) is 13.8. The normalized spacial score (nSPS) is 19.7. The fourth-order valence-corrected chi connectivity index (χ4v) is 7.45. The standard InChI is InChI=1S/C36H38N10O3/c1-36(2,3)33-30(27(21-45(33)35(48)49)23-8-6-5-7-9-23)34(47)44-14-12-43(13-15-44)29-11-10-24(17-38-29)31-32-25(16-37)18-40-46(32)22-28(41-31)26-19-39-42(4)20-26/h5-11,17-20,22,27,30,33H,12-15,21H2,1-4H3,(H,48,49). The van der Waals surface area contributed by atoms with Gasteiger partial charge in [-0.25, -0.2) is 19.3 Å². The van der Waals surface area contributed by atoms with E-state index in [1.807, 2.05) is 81.4 Å². The summed E-state index contributed by atoms with van der Waals surface area (Å²) in [5.74, 6) is 0.0570. The number of fused-ring (bicyclic) bond motifs is 1. The summed E-state index contributed by atoms with van der Waals surface area (Å²) in [5.41, 5.74) is 4.41. The molecule has 3 atom stereocenters. The average molecular weight is 659 g/mol. The molecule has 2 aliphatic rings. The summed E-state index contributed by atoms with van der Waals surface area (Å²) in [7, 11) is 1.84. The molecule has 1 aromatic carbocycles. The van der Waals surface area contributed by atoms with Crippen LogP contribution in [-0.2, 0) is 11.8 Å². The fourth-order valence-electron chi connectivity index (χ4n) is 7.45. The molecule has 0 aliphatic carbocycles. The number of aromatic nitrogens is 6. The third kappa shape index (κ3) is 5.83. The number of rotatable bonds is 5. The molecule has 250 valence electrons. The summed E-state index contributed by atoms with van der Waals surface area (Å²) in [6.45, 7) is 8.50. The second-order valence-corrected chi connectivity index (χ2v) is 13.8. The molecule has 3 unspecified atom stereocenters. The largest absolute Gasteiger partial charge is 0.465 e. The zero-order valence-corrected chi connectivity index (χ0v) is 27.9. The highest BCUT2D eigenvalue weighted by Gasteiger charge is 2.53. The van der Waals surface area contributed by atoms with Crippen molar-refractivity contribution >= 4 is 23.3 Å². The van der Waals surface area contributed by atoms with E-state index in [1.165, 1.54) is 11.1 Å². The van der Waals surface area contributed by atoms with Crippen LogP contribution in [-0.4, -0.2) is 95.0 Å². The van der Waals surface area contributed by atoms with Gasteiger partial charge in [0.05, 0.1) is 41.9 Å². The zero-order chi connectivity index (χ0) is 34.4. The summed E-state index contributed by atoms with van der Waals surface area (Å²) in [6.07, 6.45) is 7.69. The monoisotopic (exact) mass is 658 g/mol. The molecule has 2 amide bonds. The van der Waals surface area contributed by atoms with E-state index >= 15 is 0 Å². The molecule has 2 fully saturated rings. The topological polar surface area (TPSA) is 149 Å².